The number of amides is 1. The molecule has 2 aromatic heterocycles. The van der Waals surface area contributed by atoms with Gasteiger partial charge in [-0.25, -0.2) is 9.97 Å². The number of hydrogen-bond acceptors (Lipinski definition) is 7. The average Bonchev–Trinajstić information content (AvgIpc) is 2.85. The second kappa shape index (κ2) is 11.2. The van der Waals surface area contributed by atoms with E-state index in [9.17, 15) is 4.79 Å². The number of aryl methyl sites for hydroxylation is 2. The maximum absolute atomic E-state index is 11.5. The second-order valence-electron chi connectivity index (χ2n) is 7.93. The van der Waals surface area contributed by atoms with E-state index < -0.39 is 0 Å². The van der Waals surface area contributed by atoms with E-state index in [2.05, 4.69) is 20.6 Å². The zero-order valence-electron chi connectivity index (χ0n) is 19.9. The van der Waals surface area contributed by atoms with Crippen LogP contribution in [0.1, 0.15) is 17.1 Å². The molecule has 4 aromatic rings. The van der Waals surface area contributed by atoms with Gasteiger partial charge in [-0.3, -0.25) is 9.78 Å². The van der Waals surface area contributed by atoms with Gasteiger partial charge in [0.05, 0.1) is 11.7 Å². The van der Waals surface area contributed by atoms with Crippen molar-refractivity contribution in [3.63, 3.8) is 0 Å². The lowest BCUT2D eigenvalue weighted by molar-refractivity contribution is -0.124. The quantitative estimate of drug-likeness (QED) is 0.358. The zero-order chi connectivity index (χ0) is 24.6. The number of benzene rings is 2. The van der Waals surface area contributed by atoms with Gasteiger partial charge in [-0.2, -0.15) is 0 Å². The molecule has 35 heavy (non-hydrogen) atoms. The number of aromatic nitrogens is 3. The molecule has 0 aliphatic heterocycles. The van der Waals surface area contributed by atoms with Crippen molar-refractivity contribution in [2.45, 2.75) is 13.8 Å². The first-order valence-electron chi connectivity index (χ1n) is 11.2. The molecular formula is C27H27N5O3. The Morgan fingerprint density at radius 1 is 1.06 bits per heavy atom. The van der Waals surface area contributed by atoms with Crippen molar-refractivity contribution in [1.82, 2.24) is 20.3 Å². The van der Waals surface area contributed by atoms with Crippen LogP contribution in [0.15, 0.2) is 66.9 Å². The number of methoxy groups -OCH3 is 1. The fourth-order valence-corrected chi connectivity index (χ4v) is 3.40. The Bertz CT molecular complexity index is 1350. The van der Waals surface area contributed by atoms with Gasteiger partial charge < -0.3 is 20.1 Å². The Morgan fingerprint density at radius 2 is 1.91 bits per heavy atom. The molecule has 2 heterocycles. The lowest BCUT2D eigenvalue weighted by Crippen LogP contribution is -2.26. The minimum atomic E-state index is -0.180. The normalized spacial score (nSPS) is 11.1. The van der Waals surface area contributed by atoms with Crippen LogP contribution in [0.25, 0.3) is 17.0 Å². The maximum Gasteiger partial charge on any atom is 0.246 e. The van der Waals surface area contributed by atoms with Crippen molar-refractivity contribution < 1.29 is 14.3 Å². The zero-order valence-corrected chi connectivity index (χ0v) is 19.9. The number of rotatable bonds is 9. The number of para-hydroxylation sites is 1. The number of anilines is 2. The Balaban J connectivity index is 1.53. The smallest absolute Gasteiger partial charge is 0.246 e. The third-order valence-electron chi connectivity index (χ3n) is 5.13. The number of fused-ring (bicyclic) bond motifs is 1. The van der Waals surface area contributed by atoms with Crippen LogP contribution in [0.5, 0.6) is 11.5 Å². The van der Waals surface area contributed by atoms with Gasteiger partial charge >= 0.3 is 0 Å². The van der Waals surface area contributed by atoms with Crippen LogP contribution in [0.3, 0.4) is 0 Å². The summed E-state index contributed by atoms with van der Waals surface area (Å²) in [5.74, 6) is 2.49. The topological polar surface area (TPSA) is 98.3 Å². The molecular weight excluding hydrogens is 442 g/mol. The van der Waals surface area contributed by atoms with Crippen LogP contribution in [0.4, 0.5) is 11.5 Å². The maximum atomic E-state index is 11.5. The molecule has 0 radical (unpaired) electrons. The van der Waals surface area contributed by atoms with Gasteiger partial charge in [0, 0.05) is 30.4 Å². The van der Waals surface area contributed by atoms with Gasteiger partial charge in [-0.05, 0) is 68.0 Å². The van der Waals surface area contributed by atoms with Gasteiger partial charge in [-0.15, -0.1) is 0 Å². The molecule has 0 atom stereocenters. The molecule has 0 unspecified atom stereocenters. The SMILES string of the molecule is COCC(=O)NC/C=C/c1nc(Nc2ccc(Oc3ccc(C)nc3)c(C)c2)c2ccccc2n1. The first-order chi connectivity index (χ1) is 17.0. The largest absolute Gasteiger partial charge is 0.455 e. The van der Waals surface area contributed by atoms with Gasteiger partial charge in [0.1, 0.15) is 23.9 Å². The summed E-state index contributed by atoms with van der Waals surface area (Å²) in [5.41, 5.74) is 3.61. The summed E-state index contributed by atoms with van der Waals surface area (Å²) in [6.07, 6.45) is 5.30. The number of pyridine rings is 1. The molecule has 0 aliphatic carbocycles. The lowest BCUT2D eigenvalue weighted by atomic mass is 10.2. The molecule has 0 bridgehead atoms. The summed E-state index contributed by atoms with van der Waals surface area (Å²) in [6.45, 7) is 4.32. The third kappa shape index (κ3) is 6.39. The molecule has 0 saturated heterocycles. The lowest BCUT2D eigenvalue weighted by Gasteiger charge is -2.13. The number of carbonyl (C=O) groups is 1. The van der Waals surface area contributed by atoms with Gasteiger partial charge in [0.15, 0.2) is 5.82 Å². The number of carbonyl (C=O) groups excluding carboxylic acids is 1. The fraction of sp³-hybridized carbons (Fsp3) is 0.185. The monoisotopic (exact) mass is 469 g/mol. The highest BCUT2D eigenvalue weighted by Gasteiger charge is 2.09. The van der Waals surface area contributed by atoms with E-state index in [4.69, 9.17) is 14.5 Å². The van der Waals surface area contributed by atoms with E-state index in [1.807, 2.05) is 68.4 Å². The predicted molar refractivity (Wildman–Crippen MR) is 137 cm³/mol. The van der Waals surface area contributed by atoms with Crippen molar-refractivity contribution in [3.8, 4) is 11.5 Å². The Kier molecular flexibility index (Phi) is 7.64. The molecule has 2 aromatic carbocycles. The highest BCUT2D eigenvalue weighted by molar-refractivity contribution is 5.91. The molecule has 8 nitrogen and oxygen atoms in total. The number of hydrogen-bond donors (Lipinski definition) is 2. The summed E-state index contributed by atoms with van der Waals surface area (Å²) in [7, 11) is 1.48. The average molecular weight is 470 g/mol. The summed E-state index contributed by atoms with van der Waals surface area (Å²) < 4.78 is 10.8. The minimum Gasteiger partial charge on any atom is -0.455 e. The Labute approximate surface area is 204 Å². The predicted octanol–water partition coefficient (Wildman–Crippen LogP) is 4.95. The second-order valence-corrected chi connectivity index (χ2v) is 7.93. The molecule has 0 spiro atoms. The van der Waals surface area contributed by atoms with Gasteiger partial charge in [0.25, 0.3) is 0 Å². The van der Waals surface area contributed by atoms with Crippen LogP contribution >= 0.6 is 0 Å². The van der Waals surface area contributed by atoms with E-state index >= 15 is 0 Å². The summed E-state index contributed by atoms with van der Waals surface area (Å²) in [6, 6.07) is 17.5. The summed E-state index contributed by atoms with van der Waals surface area (Å²) in [5, 5.41) is 7.06. The molecule has 0 saturated carbocycles. The summed E-state index contributed by atoms with van der Waals surface area (Å²) >= 11 is 0. The van der Waals surface area contributed by atoms with Crippen LogP contribution < -0.4 is 15.4 Å². The van der Waals surface area contributed by atoms with Crippen molar-refractivity contribution in [3.05, 3.63) is 84.0 Å². The van der Waals surface area contributed by atoms with Crippen molar-refractivity contribution in [2.75, 3.05) is 25.6 Å². The van der Waals surface area contributed by atoms with E-state index in [-0.39, 0.29) is 12.5 Å². The van der Waals surface area contributed by atoms with E-state index in [1.54, 1.807) is 18.3 Å². The summed E-state index contributed by atoms with van der Waals surface area (Å²) in [4.78, 5) is 25.1. The molecule has 1 amide bonds. The number of ether oxygens (including phenoxy) is 2. The molecule has 4 rings (SSSR count). The van der Waals surface area contributed by atoms with E-state index in [0.29, 0.717) is 23.9 Å². The van der Waals surface area contributed by atoms with Crippen LogP contribution in [-0.4, -0.2) is 41.1 Å². The molecule has 8 heteroatoms. The number of nitrogens with zero attached hydrogens (tertiary/aromatic N) is 3. The Morgan fingerprint density at radius 3 is 2.69 bits per heavy atom. The van der Waals surface area contributed by atoms with Crippen molar-refractivity contribution in [1.29, 1.82) is 0 Å². The minimum absolute atomic E-state index is 0.0273. The first-order valence-corrected chi connectivity index (χ1v) is 11.2. The van der Waals surface area contributed by atoms with E-state index in [1.165, 1.54) is 7.11 Å². The highest BCUT2D eigenvalue weighted by atomic mass is 16.5. The molecule has 0 aliphatic rings. The van der Waals surface area contributed by atoms with Crippen LogP contribution in [0, 0.1) is 13.8 Å². The third-order valence-corrected chi connectivity index (χ3v) is 5.13. The number of nitrogens with one attached hydrogen (secondary N) is 2. The Hall–Kier alpha value is -4.30. The highest BCUT2D eigenvalue weighted by Crippen LogP contribution is 2.30. The van der Waals surface area contributed by atoms with Crippen LogP contribution in [-0.2, 0) is 9.53 Å². The standard InChI is InChI=1S/C27H27N5O3/c1-18-15-20(11-13-24(18)35-21-12-10-19(2)29-16-21)30-27-22-7-4-5-8-23(22)31-25(32-27)9-6-14-28-26(33)17-34-3/h4-13,15-16H,14,17H2,1-3H3,(H,28,33)(H,30,31,32)/b9-6+. The van der Waals surface area contributed by atoms with Crippen molar-refractivity contribution in [2.24, 2.45) is 0 Å². The molecule has 0 fully saturated rings. The first kappa shape index (κ1) is 23.8. The fourth-order valence-electron chi connectivity index (χ4n) is 3.40. The van der Waals surface area contributed by atoms with E-state index in [0.717, 1.165) is 33.6 Å². The van der Waals surface area contributed by atoms with Crippen LogP contribution in [0.2, 0.25) is 0 Å². The van der Waals surface area contributed by atoms with Gasteiger partial charge in [-0.1, -0.05) is 18.2 Å². The van der Waals surface area contributed by atoms with Crippen molar-refractivity contribution >= 4 is 34.4 Å². The molecule has 2 N–H and O–H groups in total. The molecule has 178 valence electrons. The van der Waals surface area contributed by atoms with Gasteiger partial charge in [0.2, 0.25) is 5.91 Å².